The molecule has 0 aliphatic carbocycles. The Kier molecular flexibility index (Phi) is 6.39. The highest BCUT2D eigenvalue weighted by atomic mass is 16.5. The molecule has 0 radical (unpaired) electrons. The van der Waals surface area contributed by atoms with Crippen molar-refractivity contribution in [2.24, 2.45) is 0 Å². The molecule has 1 heterocycles. The minimum absolute atomic E-state index is 0.0813. The van der Waals surface area contributed by atoms with E-state index < -0.39 is 29.4 Å². The molecule has 2 aromatic rings. The fraction of sp³-hybridized carbons (Fsp3) is 0.350. The van der Waals surface area contributed by atoms with Gasteiger partial charge in [0.2, 0.25) is 5.78 Å². The SMILES string of the molecule is CCOC(=O)c1c(C(C)C(=O)OCC)[nH]c(C(=O)c2ccc(C)cc2)c1O. The highest BCUT2D eigenvalue weighted by molar-refractivity contribution is 6.12. The lowest BCUT2D eigenvalue weighted by atomic mass is 10.0. The summed E-state index contributed by atoms with van der Waals surface area (Å²) in [5, 5.41) is 10.5. The Morgan fingerprint density at radius 2 is 1.67 bits per heavy atom. The van der Waals surface area contributed by atoms with Gasteiger partial charge in [0.25, 0.3) is 0 Å². The summed E-state index contributed by atoms with van der Waals surface area (Å²) in [6.07, 6.45) is 0. The standard InChI is InChI=1S/C20H23NO6/c1-5-26-19(24)12(4)15-14(20(25)27-6-2)18(23)16(21-15)17(22)13-9-7-11(3)8-10-13/h7-10,12,21,23H,5-6H2,1-4H3. The smallest absolute Gasteiger partial charge is 0.343 e. The molecule has 1 aromatic heterocycles. The van der Waals surface area contributed by atoms with Gasteiger partial charge in [-0.05, 0) is 27.7 Å². The second-order valence-corrected chi connectivity index (χ2v) is 6.03. The predicted molar refractivity (Wildman–Crippen MR) is 98.1 cm³/mol. The van der Waals surface area contributed by atoms with E-state index in [0.29, 0.717) is 5.56 Å². The summed E-state index contributed by atoms with van der Waals surface area (Å²) in [5.74, 6) is -3.33. The van der Waals surface area contributed by atoms with Gasteiger partial charge in [-0.1, -0.05) is 29.8 Å². The van der Waals surface area contributed by atoms with Crippen LogP contribution < -0.4 is 0 Å². The fourth-order valence-corrected chi connectivity index (χ4v) is 2.64. The summed E-state index contributed by atoms with van der Waals surface area (Å²) < 4.78 is 9.95. The quantitative estimate of drug-likeness (QED) is 0.571. The molecule has 0 saturated heterocycles. The predicted octanol–water partition coefficient (Wildman–Crippen LogP) is 3.10. The second kappa shape index (κ2) is 8.53. The van der Waals surface area contributed by atoms with Crippen LogP contribution in [0.25, 0.3) is 0 Å². The minimum Gasteiger partial charge on any atom is -0.505 e. The van der Waals surface area contributed by atoms with Gasteiger partial charge in [0.1, 0.15) is 11.3 Å². The number of nitrogens with one attached hydrogen (secondary N) is 1. The number of carbonyl (C=O) groups excluding carboxylic acids is 3. The van der Waals surface area contributed by atoms with E-state index >= 15 is 0 Å². The van der Waals surface area contributed by atoms with Gasteiger partial charge in [0.05, 0.1) is 19.1 Å². The van der Waals surface area contributed by atoms with Crippen LogP contribution >= 0.6 is 0 Å². The zero-order chi connectivity index (χ0) is 20.1. The number of hydrogen-bond acceptors (Lipinski definition) is 6. The number of ether oxygens (including phenoxy) is 2. The van der Waals surface area contributed by atoms with E-state index in [4.69, 9.17) is 9.47 Å². The molecule has 7 nitrogen and oxygen atoms in total. The Morgan fingerprint density at radius 3 is 2.22 bits per heavy atom. The van der Waals surface area contributed by atoms with E-state index in [1.165, 1.54) is 6.92 Å². The molecule has 0 aliphatic heterocycles. The van der Waals surface area contributed by atoms with Gasteiger partial charge in [0.15, 0.2) is 5.75 Å². The number of hydrogen-bond donors (Lipinski definition) is 2. The maximum Gasteiger partial charge on any atom is 0.343 e. The number of aromatic nitrogens is 1. The van der Waals surface area contributed by atoms with Crippen molar-refractivity contribution in [2.45, 2.75) is 33.6 Å². The maximum absolute atomic E-state index is 12.8. The molecule has 7 heteroatoms. The number of aryl methyl sites for hydroxylation is 1. The monoisotopic (exact) mass is 373 g/mol. The summed E-state index contributed by atoms with van der Waals surface area (Å²) in [6.45, 7) is 6.94. The number of esters is 2. The van der Waals surface area contributed by atoms with Crippen molar-refractivity contribution < 1.29 is 29.0 Å². The fourth-order valence-electron chi connectivity index (χ4n) is 2.64. The molecule has 2 rings (SSSR count). The first kappa shape index (κ1) is 20.2. The molecule has 0 amide bonds. The Labute approximate surface area is 157 Å². The number of rotatable bonds is 7. The third-order valence-corrected chi connectivity index (χ3v) is 4.10. The topological polar surface area (TPSA) is 106 Å². The van der Waals surface area contributed by atoms with E-state index in [9.17, 15) is 19.5 Å². The third-order valence-electron chi connectivity index (χ3n) is 4.10. The van der Waals surface area contributed by atoms with Crippen LogP contribution in [0.4, 0.5) is 0 Å². The number of carbonyl (C=O) groups is 3. The van der Waals surface area contributed by atoms with Gasteiger partial charge < -0.3 is 19.6 Å². The second-order valence-electron chi connectivity index (χ2n) is 6.03. The summed E-state index contributed by atoms with van der Waals surface area (Å²) in [5.41, 5.74) is 0.995. The minimum atomic E-state index is -0.894. The van der Waals surface area contributed by atoms with Gasteiger partial charge in [-0.3, -0.25) is 9.59 Å². The number of aromatic amines is 1. The molecular weight excluding hydrogens is 350 g/mol. The summed E-state index contributed by atoms with van der Waals surface area (Å²) in [6, 6.07) is 6.77. The van der Waals surface area contributed by atoms with Crippen LogP contribution in [0.5, 0.6) is 5.75 Å². The van der Waals surface area contributed by atoms with Crippen LogP contribution in [0.15, 0.2) is 24.3 Å². The van der Waals surface area contributed by atoms with Gasteiger partial charge in [-0.2, -0.15) is 0 Å². The molecule has 2 N–H and O–H groups in total. The lowest BCUT2D eigenvalue weighted by Crippen LogP contribution is -2.17. The largest absolute Gasteiger partial charge is 0.505 e. The van der Waals surface area contributed by atoms with Crippen LogP contribution in [0.3, 0.4) is 0 Å². The summed E-state index contributed by atoms with van der Waals surface area (Å²) in [4.78, 5) is 40.0. The van der Waals surface area contributed by atoms with Gasteiger partial charge in [0, 0.05) is 11.3 Å². The van der Waals surface area contributed by atoms with Crippen LogP contribution in [0.1, 0.15) is 64.4 Å². The Bertz CT molecular complexity index is 850. The van der Waals surface area contributed by atoms with Gasteiger partial charge in [-0.25, -0.2) is 4.79 Å². The van der Waals surface area contributed by atoms with Gasteiger partial charge in [-0.15, -0.1) is 0 Å². The van der Waals surface area contributed by atoms with Crippen molar-refractivity contribution >= 4 is 17.7 Å². The number of benzene rings is 1. The molecule has 1 aromatic carbocycles. The van der Waals surface area contributed by atoms with Crippen molar-refractivity contribution in [3.63, 3.8) is 0 Å². The molecule has 0 saturated carbocycles. The Balaban J connectivity index is 2.54. The first-order valence-electron chi connectivity index (χ1n) is 8.71. The van der Waals surface area contributed by atoms with E-state index in [0.717, 1.165) is 5.56 Å². The number of H-pyrrole nitrogens is 1. The Hall–Kier alpha value is -3.09. The third kappa shape index (κ3) is 4.19. The number of aromatic hydroxyl groups is 1. The highest BCUT2D eigenvalue weighted by Crippen LogP contribution is 2.33. The Morgan fingerprint density at radius 1 is 1.07 bits per heavy atom. The first-order chi connectivity index (χ1) is 12.8. The van der Waals surface area contributed by atoms with E-state index in [1.54, 1.807) is 38.1 Å². The molecule has 0 bridgehead atoms. The maximum atomic E-state index is 12.8. The lowest BCUT2D eigenvalue weighted by molar-refractivity contribution is -0.144. The van der Waals surface area contributed by atoms with Gasteiger partial charge >= 0.3 is 11.9 Å². The molecule has 144 valence electrons. The van der Waals surface area contributed by atoms with Crippen molar-refractivity contribution in [1.82, 2.24) is 4.98 Å². The van der Waals surface area contributed by atoms with Crippen molar-refractivity contribution in [1.29, 1.82) is 0 Å². The normalized spacial score (nSPS) is 11.7. The first-order valence-corrected chi connectivity index (χ1v) is 8.71. The average Bonchev–Trinajstić information content (AvgIpc) is 2.98. The van der Waals surface area contributed by atoms with Crippen LogP contribution in [-0.4, -0.2) is 41.0 Å². The van der Waals surface area contributed by atoms with Crippen LogP contribution in [0.2, 0.25) is 0 Å². The molecular formula is C20H23NO6. The van der Waals surface area contributed by atoms with Crippen molar-refractivity contribution in [2.75, 3.05) is 13.2 Å². The molecule has 1 unspecified atom stereocenters. The molecule has 27 heavy (non-hydrogen) atoms. The molecule has 1 atom stereocenters. The molecule has 0 spiro atoms. The molecule has 0 fully saturated rings. The average molecular weight is 373 g/mol. The molecule has 0 aliphatic rings. The van der Waals surface area contributed by atoms with Crippen molar-refractivity contribution in [3.8, 4) is 5.75 Å². The zero-order valence-corrected chi connectivity index (χ0v) is 15.8. The van der Waals surface area contributed by atoms with E-state index in [1.807, 2.05) is 6.92 Å². The highest BCUT2D eigenvalue weighted by Gasteiger charge is 2.33. The van der Waals surface area contributed by atoms with Crippen LogP contribution in [-0.2, 0) is 14.3 Å². The summed E-state index contributed by atoms with van der Waals surface area (Å²) in [7, 11) is 0. The zero-order valence-electron chi connectivity index (χ0n) is 15.8. The van der Waals surface area contributed by atoms with Crippen molar-refractivity contribution in [3.05, 3.63) is 52.3 Å². The van der Waals surface area contributed by atoms with E-state index in [2.05, 4.69) is 4.98 Å². The number of ketones is 1. The van der Waals surface area contributed by atoms with E-state index in [-0.39, 0.29) is 30.2 Å². The lowest BCUT2D eigenvalue weighted by Gasteiger charge is -2.11. The van der Waals surface area contributed by atoms with Crippen LogP contribution in [0, 0.1) is 6.92 Å². The summed E-state index contributed by atoms with van der Waals surface area (Å²) >= 11 is 0.